The summed E-state index contributed by atoms with van der Waals surface area (Å²) in [5, 5.41) is 13.6. The maximum Gasteiger partial charge on any atom is 0.124 e. The van der Waals surface area contributed by atoms with Gasteiger partial charge in [-0.05, 0) is 37.5 Å². The van der Waals surface area contributed by atoms with Gasteiger partial charge in [0.1, 0.15) is 5.82 Å². The minimum Gasteiger partial charge on any atom is -0.394 e. The third-order valence-corrected chi connectivity index (χ3v) is 4.28. The number of hydrogen-bond donors (Lipinski definition) is 2. The van der Waals surface area contributed by atoms with Crippen LogP contribution in [0.1, 0.15) is 44.6 Å². The Morgan fingerprint density at radius 3 is 2.63 bits per heavy atom. The summed E-state index contributed by atoms with van der Waals surface area (Å²) in [6.45, 7) is 1.86. The molecule has 2 N–H and O–H groups in total. The number of aliphatic hydroxyl groups is 1. The average Bonchev–Trinajstić information content (AvgIpc) is 2.39. The molecule has 0 aromatic heterocycles. The quantitative estimate of drug-likeness (QED) is 0.886. The first kappa shape index (κ1) is 14.8. The summed E-state index contributed by atoms with van der Waals surface area (Å²) in [6.07, 6.45) is 5.96. The van der Waals surface area contributed by atoms with Crippen molar-refractivity contribution in [2.45, 2.75) is 50.6 Å². The van der Waals surface area contributed by atoms with E-state index in [4.69, 9.17) is 11.6 Å². The topological polar surface area (TPSA) is 32.3 Å². The number of halogens is 2. The zero-order chi connectivity index (χ0) is 13.9. The fourth-order valence-corrected chi connectivity index (χ4v) is 3.22. The van der Waals surface area contributed by atoms with Crippen molar-refractivity contribution >= 4 is 11.6 Å². The number of hydrogen-bond acceptors (Lipinski definition) is 2. The third kappa shape index (κ3) is 3.47. The Morgan fingerprint density at radius 2 is 2.05 bits per heavy atom. The first-order valence-electron chi connectivity index (χ1n) is 6.89. The SMILES string of the molecule is CC(CO)(NC1CCCCC1)c1ccc(F)cc1Cl. The van der Waals surface area contributed by atoms with Gasteiger partial charge in [-0.25, -0.2) is 4.39 Å². The largest absolute Gasteiger partial charge is 0.394 e. The molecule has 0 spiro atoms. The molecule has 2 rings (SSSR count). The Labute approximate surface area is 119 Å². The van der Waals surface area contributed by atoms with Gasteiger partial charge < -0.3 is 10.4 Å². The number of benzene rings is 1. The van der Waals surface area contributed by atoms with Gasteiger partial charge in [-0.15, -0.1) is 0 Å². The standard InChI is InChI=1S/C15H21ClFNO/c1-15(10-19,18-12-5-3-2-4-6-12)13-8-7-11(17)9-14(13)16/h7-9,12,18-19H,2-6,10H2,1H3. The van der Waals surface area contributed by atoms with Gasteiger partial charge in [-0.2, -0.15) is 0 Å². The third-order valence-electron chi connectivity index (χ3n) is 3.97. The van der Waals surface area contributed by atoms with Crippen LogP contribution in [0.2, 0.25) is 5.02 Å². The Morgan fingerprint density at radius 1 is 1.37 bits per heavy atom. The van der Waals surface area contributed by atoms with Crippen molar-refractivity contribution in [1.82, 2.24) is 5.32 Å². The van der Waals surface area contributed by atoms with Crippen LogP contribution in [-0.2, 0) is 5.54 Å². The van der Waals surface area contributed by atoms with Crippen molar-refractivity contribution in [2.75, 3.05) is 6.61 Å². The van der Waals surface area contributed by atoms with Crippen molar-refractivity contribution in [1.29, 1.82) is 0 Å². The van der Waals surface area contributed by atoms with E-state index in [1.165, 1.54) is 31.4 Å². The van der Waals surface area contributed by atoms with Crippen LogP contribution in [0.4, 0.5) is 4.39 Å². The molecule has 0 radical (unpaired) electrons. The van der Waals surface area contributed by atoms with Gasteiger partial charge in [0.25, 0.3) is 0 Å². The van der Waals surface area contributed by atoms with Crippen LogP contribution >= 0.6 is 11.6 Å². The molecule has 1 aromatic carbocycles. The molecule has 1 fully saturated rings. The average molecular weight is 286 g/mol. The number of nitrogens with one attached hydrogen (secondary N) is 1. The lowest BCUT2D eigenvalue weighted by molar-refractivity contribution is 0.150. The van der Waals surface area contributed by atoms with E-state index in [2.05, 4.69) is 5.32 Å². The van der Waals surface area contributed by atoms with Crippen molar-refractivity contribution < 1.29 is 9.50 Å². The first-order valence-corrected chi connectivity index (χ1v) is 7.27. The van der Waals surface area contributed by atoms with Crippen molar-refractivity contribution in [2.24, 2.45) is 0 Å². The summed E-state index contributed by atoms with van der Waals surface area (Å²) in [7, 11) is 0. The first-order chi connectivity index (χ1) is 9.05. The van der Waals surface area contributed by atoms with E-state index in [0.717, 1.165) is 18.4 Å². The van der Waals surface area contributed by atoms with E-state index < -0.39 is 5.54 Å². The van der Waals surface area contributed by atoms with Gasteiger partial charge in [0, 0.05) is 11.1 Å². The smallest absolute Gasteiger partial charge is 0.124 e. The summed E-state index contributed by atoms with van der Waals surface area (Å²) in [6, 6.07) is 4.74. The van der Waals surface area contributed by atoms with Gasteiger partial charge in [-0.1, -0.05) is 36.9 Å². The Balaban J connectivity index is 2.20. The molecule has 1 unspecified atom stereocenters. The molecule has 1 aromatic rings. The summed E-state index contributed by atoms with van der Waals surface area (Å²) in [5.74, 6) is -0.355. The van der Waals surface area contributed by atoms with E-state index in [1.54, 1.807) is 6.07 Å². The summed E-state index contributed by atoms with van der Waals surface area (Å²) >= 11 is 6.12. The van der Waals surface area contributed by atoms with Crippen molar-refractivity contribution in [3.63, 3.8) is 0 Å². The van der Waals surface area contributed by atoms with Gasteiger partial charge >= 0.3 is 0 Å². The van der Waals surface area contributed by atoms with E-state index >= 15 is 0 Å². The van der Waals surface area contributed by atoms with Crippen LogP contribution in [0.25, 0.3) is 0 Å². The van der Waals surface area contributed by atoms with E-state index in [0.29, 0.717) is 11.1 Å². The summed E-state index contributed by atoms with van der Waals surface area (Å²) in [4.78, 5) is 0. The highest BCUT2D eigenvalue weighted by Gasteiger charge is 2.31. The van der Waals surface area contributed by atoms with Crippen LogP contribution in [0.3, 0.4) is 0 Å². The van der Waals surface area contributed by atoms with Gasteiger partial charge in [0.2, 0.25) is 0 Å². The molecule has 4 heteroatoms. The van der Waals surface area contributed by atoms with E-state index in [1.807, 2.05) is 6.92 Å². The number of rotatable bonds is 4. The molecule has 19 heavy (non-hydrogen) atoms. The zero-order valence-corrected chi connectivity index (χ0v) is 12.0. The molecule has 1 atom stereocenters. The Bertz CT molecular complexity index is 434. The molecule has 0 aliphatic heterocycles. The van der Waals surface area contributed by atoms with Crippen LogP contribution in [-0.4, -0.2) is 17.8 Å². The molecular weight excluding hydrogens is 265 g/mol. The second-order valence-electron chi connectivity index (χ2n) is 5.59. The molecule has 0 bridgehead atoms. The predicted molar refractivity (Wildman–Crippen MR) is 75.9 cm³/mol. The van der Waals surface area contributed by atoms with E-state index in [9.17, 15) is 9.50 Å². The zero-order valence-electron chi connectivity index (χ0n) is 11.3. The summed E-state index contributed by atoms with van der Waals surface area (Å²) < 4.78 is 13.1. The fraction of sp³-hybridized carbons (Fsp3) is 0.600. The highest BCUT2D eigenvalue weighted by molar-refractivity contribution is 6.31. The molecule has 0 saturated heterocycles. The minimum atomic E-state index is -0.618. The molecular formula is C15H21ClFNO. The van der Waals surface area contributed by atoms with E-state index in [-0.39, 0.29) is 12.4 Å². The van der Waals surface area contributed by atoms with Crippen molar-refractivity contribution in [3.8, 4) is 0 Å². The predicted octanol–water partition coefficient (Wildman–Crippen LogP) is 3.61. The second kappa shape index (κ2) is 6.21. The second-order valence-corrected chi connectivity index (χ2v) is 6.00. The molecule has 106 valence electrons. The normalized spacial score (nSPS) is 20.2. The van der Waals surface area contributed by atoms with Crippen LogP contribution in [0.5, 0.6) is 0 Å². The maximum atomic E-state index is 13.1. The Kier molecular flexibility index (Phi) is 4.82. The lowest BCUT2D eigenvalue weighted by atomic mass is 9.88. The van der Waals surface area contributed by atoms with Crippen LogP contribution < -0.4 is 5.32 Å². The number of aliphatic hydroxyl groups excluding tert-OH is 1. The highest BCUT2D eigenvalue weighted by atomic mass is 35.5. The van der Waals surface area contributed by atoms with Gasteiger partial charge in [0.15, 0.2) is 0 Å². The molecule has 1 saturated carbocycles. The molecule has 1 aliphatic rings. The maximum absolute atomic E-state index is 13.1. The van der Waals surface area contributed by atoms with Crippen molar-refractivity contribution in [3.05, 3.63) is 34.6 Å². The highest BCUT2D eigenvalue weighted by Crippen LogP contribution is 2.31. The Hall–Kier alpha value is -0.640. The van der Waals surface area contributed by atoms with Crippen LogP contribution in [0.15, 0.2) is 18.2 Å². The molecule has 2 nitrogen and oxygen atoms in total. The monoisotopic (exact) mass is 285 g/mol. The minimum absolute atomic E-state index is 0.0607. The lowest BCUT2D eigenvalue weighted by Crippen LogP contribution is -2.49. The summed E-state index contributed by atoms with van der Waals surface area (Å²) in [5.41, 5.74) is 0.135. The molecule has 0 amide bonds. The van der Waals surface area contributed by atoms with Crippen LogP contribution in [0, 0.1) is 5.82 Å². The lowest BCUT2D eigenvalue weighted by Gasteiger charge is -2.36. The molecule has 0 heterocycles. The van der Waals surface area contributed by atoms with Gasteiger partial charge in [0.05, 0.1) is 12.1 Å². The molecule has 1 aliphatic carbocycles. The van der Waals surface area contributed by atoms with Gasteiger partial charge in [-0.3, -0.25) is 0 Å². The fourth-order valence-electron chi connectivity index (χ4n) is 2.84.